The van der Waals surface area contributed by atoms with Crippen LogP contribution >= 0.6 is 0 Å². The normalized spacial score (nSPS) is 22.6. The van der Waals surface area contributed by atoms with Crippen molar-refractivity contribution in [1.82, 2.24) is 5.32 Å². The highest BCUT2D eigenvalue weighted by Gasteiger charge is 2.60. The zero-order chi connectivity index (χ0) is 12.8. The number of likely N-dealkylation sites (N-methyl/N-ethyl adjacent to an activating group) is 1. The van der Waals surface area contributed by atoms with Gasteiger partial charge in [-0.25, -0.2) is 0 Å². The molecular formula is C16H23NO. The van der Waals surface area contributed by atoms with E-state index < -0.39 is 0 Å². The number of hydrogen-bond acceptors (Lipinski definition) is 2. The van der Waals surface area contributed by atoms with Gasteiger partial charge in [0.1, 0.15) is 5.75 Å². The highest BCUT2D eigenvalue weighted by molar-refractivity contribution is 5.42. The average molecular weight is 245 g/mol. The van der Waals surface area contributed by atoms with Crippen LogP contribution in [-0.4, -0.2) is 20.7 Å². The van der Waals surface area contributed by atoms with Crippen molar-refractivity contribution in [3.05, 3.63) is 29.3 Å². The topological polar surface area (TPSA) is 21.3 Å². The molecule has 98 valence electrons. The van der Waals surface area contributed by atoms with E-state index in [1.165, 1.54) is 36.8 Å². The second kappa shape index (κ2) is 3.99. The molecule has 2 aliphatic rings. The Balaban J connectivity index is 1.91. The minimum Gasteiger partial charge on any atom is -0.496 e. The highest BCUT2D eigenvalue weighted by atomic mass is 16.5. The molecule has 2 fully saturated rings. The lowest BCUT2D eigenvalue weighted by Gasteiger charge is -2.49. The zero-order valence-corrected chi connectivity index (χ0v) is 11.7. The molecule has 0 bridgehead atoms. The summed E-state index contributed by atoms with van der Waals surface area (Å²) in [5, 5.41) is 3.39. The molecule has 2 nitrogen and oxygen atoms in total. The van der Waals surface area contributed by atoms with Crippen molar-refractivity contribution in [3.63, 3.8) is 0 Å². The molecule has 1 spiro atoms. The van der Waals surface area contributed by atoms with Gasteiger partial charge in [-0.05, 0) is 62.3 Å². The van der Waals surface area contributed by atoms with Gasteiger partial charge in [0.2, 0.25) is 0 Å². The number of benzene rings is 1. The first-order valence-electron chi connectivity index (χ1n) is 6.93. The molecular weight excluding hydrogens is 222 g/mol. The number of methoxy groups -OCH3 is 1. The molecule has 2 heteroatoms. The number of rotatable bonds is 4. The Kier molecular flexibility index (Phi) is 2.67. The van der Waals surface area contributed by atoms with Gasteiger partial charge in [0.25, 0.3) is 0 Å². The van der Waals surface area contributed by atoms with Crippen LogP contribution in [0.4, 0.5) is 0 Å². The van der Waals surface area contributed by atoms with Crippen molar-refractivity contribution in [2.75, 3.05) is 20.7 Å². The lowest BCUT2D eigenvalue weighted by atomic mass is 9.56. The van der Waals surface area contributed by atoms with E-state index in [9.17, 15) is 0 Å². The van der Waals surface area contributed by atoms with Crippen LogP contribution in [0.1, 0.15) is 36.8 Å². The minimum absolute atomic E-state index is 0.353. The summed E-state index contributed by atoms with van der Waals surface area (Å²) in [7, 11) is 3.82. The summed E-state index contributed by atoms with van der Waals surface area (Å²) in [6, 6.07) is 6.75. The maximum Gasteiger partial charge on any atom is 0.122 e. The Morgan fingerprint density at radius 2 is 2.00 bits per heavy atom. The summed E-state index contributed by atoms with van der Waals surface area (Å²) in [6.07, 6.45) is 5.60. The molecule has 0 atom stereocenters. The van der Waals surface area contributed by atoms with Crippen LogP contribution in [0.25, 0.3) is 0 Å². The maximum atomic E-state index is 5.47. The lowest BCUT2D eigenvalue weighted by molar-refractivity contribution is 0.118. The summed E-state index contributed by atoms with van der Waals surface area (Å²) in [6.45, 7) is 3.19. The number of aryl methyl sites for hydroxylation is 1. The molecule has 0 aliphatic heterocycles. The largest absolute Gasteiger partial charge is 0.496 e. The van der Waals surface area contributed by atoms with Crippen molar-refractivity contribution in [2.24, 2.45) is 5.41 Å². The molecule has 0 amide bonds. The first kappa shape index (κ1) is 12.0. The van der Waals surface area contributed by atoms with Crippen LogP contribution in [-0.2, 0) is 5.41 Å². The number of nitrogens with one attached hydrogen (secondary N) is 1. The maximum absolute atomic E-state index is 5.47. The van der Waals surface area contributed by atoms with Crippen molar-refractivity contribution in [1.29, 1.82) is 0 Å². The Morgan fingerprint density at radius 3 is 2.56 bits per heavy atom. The summed E-state index contributed by atoms with van der Waals surface area (Å²) >= 11 is 0. The van der Waals surface area contributed by atoms with E-state index in [0.29, 0.717) is 5.41 Å². The van der Waals surface area contributed by atoms with Crippen LogP contribution in [0, 0.1) is 12.3 Å². The van der Waals surface area contributed by atoms with Crippen LogP contribution in [0.2, 0.25) is 0 Å². The Hall–Kier alpha value is -1.02. The number of hydrogen-bond donors (Lipinski definition) is 1. The zero-order valence-electron chi connectivity index (χ0n) is 11.7. The van der Waals surface area contributed by atoms with Crippen LogP contribution in [0.3, 0.4) is 0 Å². The summed E-state index contributed by atoms with van der Waals surface area (Å²) < 4.78 is 5.47. The van der Waals surface area contributed by atoms with Crippen molar-refractivity contribution < 1.29 is 4.74 Å². The number of ether oxygens (including phenoxy) is 1. The van der Waals surface area contributed by atoms with Gasteiger partial charge in [0.05, 0.1) is 7.11 Å². The van der Waals surface area contributed by atoms with Gasteiger partial charge in [-0.1, -0.05) is 12.1 Å². The van der Waals surface area contributed by atoms with Crippen molar-refractivity contribution in [2.45, 2.75) is 38.0 Å². The molecule has 18 heavy (non-hydrogen) atoms. The third kappa shape index (κ3) is 1.74. The van der Waals surface area contributed by atoms with E-state index in [-0.39, 0.29) is 0 Å². The van der Waals surface area contributed by atoms with Crippen LogP contribution < -0.4 is 10.1 Å². The molecule has 0 aromatic heterocycles. The Bertz CT molecular complexity index is 454. The smallest absolute Gasteiger partial charge is 0.122 e. The van der Waals surface area contributed by atoms with Crippen LogP contribution in [0.15, 0.2) is 18.2 Å². The Morgan fingerprint density at radius 1 is 1.28 bits per heavy atom. The van der Waals surface area contributed by atoms with Gasteiger partial charge in [-0.3, -0.25) is 0 Å². The van der Waals surface area contributed by atoms with Gasteiger partial charge in [0.15, 0.2) is 0 Å². The second-order valence-corrected chi connectivity index (χ2v) is 6.35. The molecule has 0 heterocycles. The molecule has 1 aromatic rings. The first-order chi connectivity index (χ1) is 8.63. The van der Waals surface area contributed by atoms with Crippen molar-refractivity contribution in [3.8, 4) is 5.75 Å². The van der Waals surface area contributed by atoms with E-state index in [4.69, 9.17) is 4.74 Å². The molecule has 2 aliphatic carbocycles. The third-order valence-electron chi connectivity index (χ3n) is 4.92. The highest BCUT2D eigenvalue weighted by Crippen LogP contribution is 2.68. The fraction of sp³-hybridized carbons (Fsp3) is 0.625. The molecule has 1 N–H and O–H groups in total. The van der Waals surface area contributed by atoms with Gasteiger partial charge >= 0.3 is 0 Å². The molecule has 0 radical (unpaired) electrons. The summed E-state index contributed by atoms with van der Waals surface area (Å²) in [5.74, 6) is 1.03. The van der Waals surface area contributed by atoms with E-state index >= 15 is 0 Å². The van der Waals surface area contributed by atoms with E-state index in [2.05, 4.69) is 37.5 Å². The van der Waals surface area contributed by atoms with Gasteiger partial charge in [0, 0.05) is 12.0 Å². The molecule has 1 aromatic carbocycles. The second-order valence-electron chi connectivity index (χ2n) is 6.35. The first-order valence-corrected chi connectivity index (χ1v) is 6.93. The van der Waals surface area contributed by atoms with E-state index in [1.807, 2.05) is 0 Å². The van der Waals surface area contributed by atoms with Gasteiger partial charge in [-0.15, -0.1) is 0 Å². The fourth-order valence-electron chi connectivity index (χ4n) is 3.83. The summed E-state index contributed by atoms with van der Waals surface area (Å²) in [4.78, 5) is 0. The predicted molar refractivity (Wildman–Crippen MR) is 74.2 cm³/mol. The monoisotopic (exact) mass is 245 g/mol. The lowest BCUT2D eigenvalue weighted by Crippen LogP contribution is -2.49. The van der Waals surface area contributed by atoms with Gasteiger partial charge in [-0.2, -0.15) is 0 Å². The molecule has 3 rings (SSSR count). The average Bonchev–Trinajstić information content (AvgIpc) is 3.09. The minimum atomic E-state index is 0.353. The molecule has 0 saturated heterocycles. The third-order valence-corrected chi connectivity index (χ3v) is 4.92. The van der Waals surface area contributed by atoms with E-state index in [0.717, 1.165) is 17.7 Å². The molecule has 2 saturated carbocycles. The van der Waals surface area contributed by atoms with E-state index in [1.54, 1.807) is 7.11 Å². The standard InChI is InChI=1S/C16H23NO/c1-12-4-5-13(8-14(12)18-3)16(11-17-2)9-15(10-16)6-7-15/h4-5,8,17H,6-7,9-11H2,1-3H3. The predicted octanol–water partition coefficient (Wildman–Crippen LogP) is 3.03. The fourth-order valence-corrected chi connectivity index (χ4v) is 3.83. The summed E-state index contributed by atoms with van der Waals surface area (Å²) in [5.41, 5.74) is 3.75. The quantitative estimate of drug-likeness (QED) is 0.880. The van der Waals surface area contributed by atoms with Crippen LogP contribution in [0.5, 0.6) is 5.75 Å². The van der Waals surface area contributed by atoms with Crippen molar-refractivity contribution >= 4 is 0 Å². The SMILES string of the molecule is CNCC1(c2ccc(C)c(OC)c2)CC2(CC2)C1. The Labute approximate surface area is 110 Å². The van der Waals surface area contributed by atoms with Gasteiger partial charge < -0.3 is 10.1 Å². The molecule has 0 unspecified atom stereocenters.